The number of benzene rings is 2. The third-order valence-electron chi connectivity index (χ3n) is 3.92. The molecule has 2 N–H and O–H groups in total. The average Bonchev–Trinajstić information content (AvgIpc) is 2.55. The minimum absolute atomic E-state index is 0.0566. The van der Waals surface area contributed by atoms with Gasteiger partial charge in [-0.1, -0.05) is 38.1 Å². The highest BCUT2D eigenvalue weighted by Gasteiger charge is 2.20. The van der Waals surface area contributed by atoms with Gasteiger partial charge in [0.25, 0.3) is 0 Å². The summed E-state index contributed by atoms with van der Waals surface area (Å²) < 4.78 is 5.28. The van der Waals surface area contributed by atoms with Crippen molar-refractivity contribution in [1.82, 2.24) is 5.32 Å². The van der Waals surface area contributed by atoms with Gasteiger partial charge in [0.05, 0.1) is 12.7 Å². The number of rotatable bonds is 7. The first kappa shape index (κ1) is 17.0. The first-order valence-electron chi connectivity index (χ1n) is 7.60. The first-order chi connectivity index (χ1) is 10.9. The Kier molecular flexibility index (Phi) is 5.40. The number of aromatic carboxylic acids is 1. The van der Waals surface area contributed by atoms with E-state index in [-0.39, 0.29) is 5.41 Å². The fraction of sp³-hybridized carbons (Fsp3) is 0.316. The summed E-state index contributed by atoms with van der Waals surface area (Å²) in [6, 6.07) is 15.1. The molecule has 0 aliphatic rings. The van der Waals surface area contributed by atoms with Gasteiger partial charge < -0.3 is 15.2 Å². The van der Waals surface area contributed by atoms with Crippen LogP contribution in [-0.2, 0) is 12.0 Å². The van der Waals surface area contributed by atoms with Gasteiger partial charge in [-0.15, -0.1) is 0 Å². The van der Waals surface area contributed by atoms with Crippen molar-refractivity contribution in [2.45, 2.75) is 25.8 Å². The highest BCUT2D eigenvalue weighted by molar-refractivity contribution is 5.87. The summed E-state index contributed by atoms with van der Waals surface area (Å²) in [5, 5.41) is 12.4. The summed E-state index contributed by atoms with van der Waals surface area (Å²) in [5.41, 5.74) is 2.42. The van der Waals surface area contributed by atoms with Crippen molar-refractivity contribution >= 4 is 5.97 Å². The Bertz CT molecular complexity index is 680. The molecule has 0 aliphatic carbocycles. The summed E-state index contributed by atoms with van der Waals surface area (Å²) >= 11 is 0. The quantitative estimate of drug-likeness (QED) is 0.822. The number of carbonyl (C=O) groups is 1. The molecule has 0 unspecified atom stereocenters. The highest BCUT2D eigenvalue weighted by Crippen LogP contribution is 2.25. The van der Waals surface area contributed by atoms with E-state index < -0.39 is 5.97 Å². The fourth-order valence-electron chi connectivity index (χ4n) is 2.48. The molecule has 4 nitrogen and oxygen atoms in total. The lowest BCUT2D eigenvalue weighted by atomic mass is 9.84. The van der Waals surface area contributed by atoms with Crippen LogP contribution in [0.15, 0.2) is 48.5 Å². The maximum atomic E-state index is 11.0. The first-order valence-corrected chi connectivity index (χ1v) is 7.60. The topological polar surface area (TPSA) is 58.6 Å². The number of methoxy groups -OCH3 is 1. The Morgan fingerprint density at radius 3 is 2.61 bits per heavy atom. The van der Waals surface area contributed by atoms with Crippen molar-refractivity contribution in [2.75, 3.05) is 13.7 Å². The van der Waals surface area contributed by atoms with Crippen LogP contribution < -0.4 is 10.1 Å². The molecule has 4 heteroatoms. The predicted octanol–water partition coefficient (Wildman–Crippen LogP) is 3.46. The molecule has 23 heavy (non-hydrogen) atoms. The predicted molar refractivity (Wildman–Crippen MR) is 91.1 cm³/mol. The van der Waals surface area contributed by atoms with Crippen molar-refractivity contribution in [3.63, 3.8) is 0 Å². The van der Waals surface area contributed by atoms with Crippen LogP contribution in [0.1, 0.15) is 35.3 Å². The average molecular weight is 313 g/mol. The summed E-state index contributed by atoms with van der Waals surface area (Å²) in [6.45, 7) is 5.75. The van der Waals surface area contributed by atoms with Crippen LogP contribution >= 0.6 is 0 Å². The van der Waals surface area contributed by atoms with Crippen LogP contribution in [0.3, 0.4) is 0 Å². The van der Waals surface area contributed by atoms with E-state index in [0.29, 0.717) is 12.1 Å². The molecule has 2 rings (SSSR count). The second kappa shape index (κ2) is 7.29. The molecule has 0 heterocycles. The Labute approximate surface area is 137 Å². The third-order valence-corrected chi connectivity index (χ3v) is 3.92. The Balaban J connectivity index is 1.99. The van der Waals surface area contributed by atoms with Crippen LogP contribution in [0, 0.1) is 0 Å². The van der Waals surface area contributed by atoms with E-state index in [4.69, 9.17) is 9.84 Å². The molecule has 0 saturated carbocycles. The summed E-state index contributed by atoms with van der Waals surface area (Å²) in [7, 11) is 1.67. The van der Waals surface area contributed by atoms with Crippen LogP contribution in [0.2, 0.25) is 0 Å². The van der Waals surface area contributed by atoms with E-state index in [1.54, 1.807) is 25.3 Å². The molecule has 0 aromatic heterocycles. The zero-order chi connectivity index (χ0) is 16.9. The maximum Gasteiger partial charge on any atom is 0.335 e. The number of carboxylic acids is 1. The Hall–Kier alpha value is -2.33. The smallest absolute Gasteiger partial charge is 0.335 e. The largest absolute Gasteiger partial charge is 0.497 e. The summed E-state index contributed by atoms with van der Waals surface area (Å²) in [6.07, 6.45) is 0. The monoisotopic (exact) mass is 313 g/mol. The van der Waals surface area contributed by atoms with Crippen molar-refractivity contribution in [2.24, 2.45) is 0 Å². The number of hydrogen-bond donors (Lipinski definition) is 2. The second-order valence-corrected chi connectivity index (χ2v) is 6.22. The molecular formula is C19H23NO3. The molecule has 0 radical (unpaired) electrons. The molecule has 0 atom stereocenters. The van der Waals surface area contributed by atoms with Gasteiger partial charge in [0, 0.05) is 18.5 Å². The molecule has 0 amide bonds. The van der Waals surface area contributed by atoms with E-state index in [2.05, 4.69) is 25.2 Å². The van der Waals surface area contributed by atoms with Crippen LogP contribution in [0.25, 0.3) is 0 Å². The second-order valence-electron chi connectivity index (χ2n) is 6.22. The maximum absolute atomic E-state index is 11.0. The van der Waals surface area contributed by atoms with Gasteiger partial charge in [0.1, 0.15) is 5.75 Å². The lowest BCUT2D eigenvalue weighted by Gasteiger charge is -2.26. The zero-order valence-electron chi connectivity index (χ0n) is 13.8. The van der Waals surface area contributed by atoms with Gasteiger partial charge in [-0.2, -0.15) is 0 Å². The van der Waals surface area contributed by atoms with Gasteiger partial charge in [0.2, 0.25) is 0 Å². The standard InChI is InChI=1S/C19H23NO3/c1-19(2,16-8-5-9-17(11-16)23-3)13-20-12-14-6-4-7-15(10-14)18(21)22/h4-11,20H,12-13H2,1-3H3,(H,21,22). The molecule has 2 aromatic rings. The third kappa shape index (κ3) is 4.57. The number of ether oxygens (including phenoxy) is 1. The lowest BCUT2D eigenvalue weighted by Crippen LogP contribution is -2.32. The molecule has 0 saturated heterocycles. The van der Waals surface area contributed by atoms with Gasteiger partial charge in [-0.25, -0.2) is 4.79 Å². The molecule has 2 aromatic carbocycles. The van der Waals surface area contributed by atoms with E-state index >= 15 is 0 Å². The molecule has 122 valence electrons. The van der Waals surface area contributed by atoms with Crippen molar-refractivity contribution in [3.05, 3.63) is 65.2 Å². The number of hydrogen-bond acceptors (Lipinski definition) is 3. The van der Waals surface area contributed by atoms with Crippen LogP contribution in [-0.4, -0.2) is 24.7 Å². The van der Waals surface area contributed by atoms with Crippen LogP contribution in [0.5, 0.6) is 5.75 Å². The van der Waals surface area contributed by atoms with E-state index in [9.17, 15) is 4.79 Å². The molecule has 0 spiro atoms. The molecular weight excluding hydrogens is 290 g/mol. The fourth-order valence-corrected chi connectivity index (χ4v) is 2.48. The normalized spacial score (nSPS) is 11.3. The number of nitrogens with one attached hydrogen (secondary N) is 1. The van der Waals surface area contributed by atoms with E-state index in [1.807, 2.05) is 24.3 Å². The van der Waals surface area contributed by atoms with Crippen molar-refractivity contribution < 1.29 is 14.6 Å². The van der Waals surface area contributed by atoms with Crippen molar-refractivity contribution in [1.29, 1.82) is 0 Å². The minimum atomic E-state index is -0.899. The van der Waals surface area contributed by atoms with E-state index in [1.165, 1.54) is 5.56 Å². The van der Waals surface area contributed by atoms with Gasteiger partial charge >= 0.3 is 5.97 Å². The number of carboxylic acid groups (broad SMARTS) is 1. The van der Waals surface area contributed by atoms with Gasteiger partial charge in [0.15, 0.2) is 0 Å². The summed E-state index contributed by atoms with van der Waals surface area (Å²) in [5.74, 6) is -0.0479. The minimum Gasteiger partial charge on any atom is -0.497 e. The highest BCUT2D eigenvalue weighted by atomic mass is 16.5. The Morgan fingerprint density at radius 2 is 1.91 bits per heavy atom. The zero-order valence-corrected chi connectivity index (χ0v) is 13.8. The molecule has 0 bridgehead atoms. The lowest BCUT2D eigenvalue weighted by molar-refractivity contribution is 0.0696. The van der Waals surface area contributed by atoms with Gasteiger partial charge in [-0.05, 0) is 35.4 Å². The van der Waals surface area contributed by atoms with Crippen LogP contribution in [0.4, 0.5) is 0 Å². The molecule has 0 fully saturated rings. The van der Waals surface area contributed by atoms with E-state index in [0.717, 1.165) is 17.9 Å². The SMILES string of the molecule is COc1cccc(C(C)(C)CNCc2cccc(C(=O)O)c2)c1. The Morgan fingerprint density at radius 1 is 1.17 bits per heavy atom. The summed E-state index contributed by atoms with van der Waals surface area (Å²) in [4.78, 5) is 11.0. The van der Waals surface area contributed by atoms with Gasteiger partial charge in [-0.3, -0.25) is 0 Å². The van der Waals surface area contributed by atoms with Crippen molar-refractivity contribution in [3.8, 4) is 5.75 Å². The molecule has 0 aliphatic heterocycles.